The molecule has 0 fully saturated rings. The molecule has 2 nitrogen and oxygen atoms in total. The van der Waals surface area contributed by atoms with Crippen molar-refractivity contribution in [3.63, 3.8) is 0 Å². The Hall–Kier alpha value is -0.600. The molecule has 1 atom stereocenters. The van der Waals surface area contributed by atoms with Gasteiger partial charge in [0.25, 0.3) is 0 Å². The minimum Gasteiger partial charge on any atom is -0.299 e. The molecule has 0 aromatic carbocycles. The van der Waals surface area contributed by atoms with Crippen LogP contribution in [0.15, 0.2) is 5.10 Å². The fraction of sp³-hybridized carbons (Fsp3) is 0.875. The Morgan fingerprint density at radius 1 is 1.73 bits per heavy atom. The summed E-state index contributed by atoms with van der Waals surface area (Å²) in [6, 6.07) is 0. The molecular weight excluding hydrogens is 143 g/mol. The van der Waals surface area contributed by atoms with Gasteiger partial charge in [-0.15, -0.1) is 0 Å². The Morgan fingerprint density at radius 3 is 2.73 bits per heavy atom. The van der Waals surface area contributed by atoms with Gasteiger partial charge in [-0.25, -0.2) is 0 Å². The van der Waals surface area contributed by atoms with Crippen LogP contribution < -0.4 is 0 Å². The summed E-state index contributed by atoms with van der Waals surface area (Å²) in [7, 11) is 1.89. The van der Waals surface area contributed by atoms with Crippen molar-refractivity contribution in [1.29, 1.82) is 0 Å². The molecule has 1 aliphatic rings. The molecule has 0 spiro atoms. The monoisotopic (exact) mass is 158 g/mol. The lowest BCUT2D eigenvalue weighted by molar-refractivity contribution is 0.325. The van der Waals surface area contributed by atoms with Crippen LogP contribution in [0.5, 0.6) is 0 Å². The van der Waals surface area contributed by atoms with E-state index in [0.29, 0.717) is 5.92 Å². The molecule has 0 aromatic heterocycles. The Morgan fingerprint density at radius 2 is 2.36 bits per heavy atom. The van der Waals surface area contributed by atoms with Crippen molar-refractivity contribution >= 4 is 5.71 Å². The zero-order chi connectivity index (χ0) is 8.43. The quantitative estimate of drug-likeness (QED) is 0.595. The smallest absolute Gasteiger partial charge is 0.0993 e. The van der Waals surface area contributed by atoms with E-state index in [4.69, 9.17) is 0 Å². The first-order valence-corrected chi connectivity index (χ1v) is 4.00. The minimum atomic E-state index is -0.276. The zero-order valence-electron chi connectivity index (χ0n) is 7.34. The standard InChI is InChI=1S/C8H15FN2/c1-6(2)8-7(4-9)5-11(3)10-8/h6-7H,4-5H2,1-3H3. The molecule has 0 aromatic rings. The number of hydrazone groups is 1. The van der Waals surface area contributed by atoms with Crippen LogP contribution in [0.1, 0.15) is 13.8 Å². The topological polar surface area (TPSA) is 15.6 Å². The summed E-state index contributed by atoms with van der Waals surface area (Å²) in [6.45, 7) is 4.58. The van der Waals surface area contributed by atoms with Gasteiger partial charge in [0.15, 0.2) is 0 Å². The van der Waals surface area contributed by atoms with Crippen LogP contribution in [0.2, 0.25) is 0 Å². The van der Waals surface area contributed by atoms with Gasteiger partial charge in [-0.2, -0.15) is 5.10 Å². The summed E-state index contributed by atoms with van der Waals surface area (Å²) in [4.78, 5) is 0. The third-order valence-corrected chi connectivity index (χ3v) is 1.97. The first-order valence-electron chi connectivity index (χ1n) is 4.00. The Balaban J connectivity index is 2.66. The van der Waals surface area contributed by atoms with Gasteiger partial charge in [-0.3, -0.25) is 9.40 Å². The number of rotatable bonds is 2. The highest BCUT2D eigenvalue weighted by Crippen LogP contribution is 2.17. The van der Waals surface area contributed by atoms with Crippen molar-refractivity contribution in [2.75, 3.05) is 20.3 Å². The number of alkyl halides is 1. The molecule has 1 rings (SSSR count). The van der Waals surface area contributed by atoms with Gasteiger partial charge in [-0.1, -0.05) is 13.8 Å². The first kappa shape index (κ1) is 8.50. The van der Waals surface area contributed by atoms with Crippen LogP contribution in [0.25, 0.3) is 0 Å². The highest BCUT2D eigenvalue weighted by molar-refractivity contribution is 5.89. The molecule has 11 heavy (non-hydrogen) atoms. The lowest BCUT2D eigenvalue weighted by Gasteiger charge is -2.09. The summed E-state index contributed by atoms with van der Waals surface area (Å²) in [5.41, 5.74) is 1.01. The van der Waals surface area contributed by atoms with Gasteiger partial charge in [-0.05, 0) is 5.92 Å². The maximum atomic E-state index is 12.4. The summed E-state index contributed by atoms with van der Waals surface area (Å²) in [5, 5.41) is 6.07. The Kier molecular flexibility index (Phi) is 2.47. The molecule has 1 unspecified atom stereocenters. The van der Waals surface area contributed by atoms with Gasteiger partial charge in [0.1, 0.15) is 0 Å². The number of hydrogen-bond donors (Lipinski definition) is 0. The van der Waals surface area contributed by atoms with E-state index in [9.17, 15) is 4.39 Å². The van der Waals surface area contributed by atoms with E-state index < -0.39 is 0 Å². The SMILES string of the molecule is CC(C)C1=NN(C)CC1CF. The van der Waals surface area contributed by atoms with Crippen molar-refractivity contribution in [2.45, 2.75) is 13.8 Å². The van der Waals surface area contributed by atoms with E-state index in [2.05, 4.69) is 18.9 Å². The van der Waals surface area contributed by atoms with Crippen molar-refractivity contribution < 1.29 is 4.39 Å². The average Bonchev–Trinajstić information content (AvgIpc) is 2.30. The van der Waals surface area contributed by atoms with Gasteiger partial charge < -0.3 is 0 Å². The van der Waals surface area contributed by atoms with E-state index in [1.807, 2.05) is 12.1 Å². The van der Waals surface area contributed by atoms with Crippen LogP contribution >= 0.6 is 0 Å². The van der Waals surface area contributed by atoms with Crippen LogP contribution in [0.4, 0.5) is 4.39 Å². The second-order valence-electron chi connectivity index (χ2n) is 3.37. The molecule has 0 bridgehead atoms. The van der Waals surface area contributed by atoms with Crippen molar-refractivity contribution in [1.82, 2.24) is 5.01 Å². The number of hydrogen-bond acceptors (Lipinski definition) is 2. The summed E-state index contributed by atoms with van der Waals surface area (Å²) in [5.74, 6) is 0.417. The molecule has 64 valence electrons. The van der Waals surface area contributed by atoms with E-state index in [-0.39, 0.29) is 12.6 Å². The highest BCUT2D eigenvalue weighted by Gasteiger charge is 2.26. The highest BCUT2D eigenvalue weighted by atomic mass is 19.1. The molecular formula is C8H15FN2. The van der Waals surface area contributed by atoms with E-state index in [0.717, 1.165) is 12.3 Å². The van der Waals surface area contributed by atoms with Gasteiger partial charge in [0, 0.05) is 25.2 Å². The molecule has 0 saturated carbocycles. The summed E-state index contributed by atoms with van der Waals surface area (Å²) < 4.78 is 12.4. The molecule has 0 amide bonds. The van der Waals surface area contributed by atoms with Crippen LogP contribution in [-0.2, 0) is 0 Å². The molecule has 1 heterocycles. The minimum absolute atomic E-state index is 0.0417. The van der Waals surface area contributed by atoms with Crippen molar-refractivity contribution in [3.05, 3.63) is 0 Å². The average molecular weight is 158 g/mol. The second kappa shape index (κ2) is 3.20. The largest absolute Gasteiger partial charge is 0.299 e. The predicted octanol–water partition coefficient (Wildman–Crippen LogP) is 1.53. The van der Waals surface area contributed by atoms with Crippen LogP contribution in [0.3, 0.4) is 0 Å². The van der Waals surface area contributed by atoms with Crippen LogP contribution in [-0.4, -0.2) is 31.0 Å². The van der Waals surface area contributed by atoms with Gasteiger partial charge in [0.2, 0.25) is 0 Å². The number of halogens is 1. The molecule has 0 radical (unpaired) electrons. The third-order valence-electron chi connectivity index (χ3n) is 1.97. The molecule has 3 heteroatoms. The summed E-state index contributed by atoms with van der Waals surface area (Å²) >= 11 is 0. The van der Waals surface area contributed by atoms with Gasteiger partial charge >= 0.3 is 0 Å². The lowest BCUT2D eigenvalue weighted by Crippen LogP contribution is -2.21. The molecule has 1 aliphatic heterocycles. The first-order chi connectivity index (χ1) is 5.15. The van der Waals surface area contributed by atoms with E-state index in [1.54, 1.807) is 0 Å². The molecule has 0 aliphatic carbocycles. The normalized spacial score (nSPS) is 24.6. The third kappa shape index (κ3) is 1.70. The van der Waals surface area contributed by atoms with Crippen LogP contribution in [0, 0.1) is 11.8 Å². The zero-order valence-corrected chi connectivity index (χ0v) is 7.34. The summed E-state index contributed by atoms with van der Waals surface area (Å²) in [6.07, 6.45) is 0. The molecule has 0 N–H and O–H groups in total. The fourth-order valence-electron chi connectivity index (χ4n) is 1.45. The molecule has 0 saturated heterocycles. The van der Waals surface area contributed by atoms with Crippen molar-refractivity contribution in [3.8, 4) is 0 Å². The lowest BCUT2D eigenvalue weighted by atomic mass is 9.96. The van der Waals surface area contributed by atoms with E-state index in [1.165, 1.54) is 0 Å². The Bertz CT molecular complexity index is 165. The van der Waals surface area contributed by atoms with Crippen molar-refractivity contribution in [2.24, 2.45) is 16.9 Å². The number of nitrogens with zero attached hydrogens (tertiary/aromatic N) is 2. The van der Waals surface area contributed by atoms with Gasteiger partial charge in [0.05, 0.1) is 6.67 Å². The fourth-order valence-corrected chi connectivity index (χ4v) is 1.45. The Labute approximate surface area is 67.1 Å². The maximum Gasteiger partial charge on any atom is 0.0993 e. The second-order valence-corrected chi connectivity index (χ2v) is 3.37. The predicted molar refractivity (Wildman–Crippen MR) is 44.4 cm³/mol. The van der Waals surface area contributed by atoms with E-state index >= 15 is 0 Å². The maximum absolute atomic E-state index is 12.4.